The van der Waals surface area contributed by atoms with Crippen LogP contribution in [0.15, 0.2) is 48.7 Å². The lowest BCUT2D eigenvalue weighted by molar-refractivity contribution is 0.469. The van der Waals surface area contributed by atoms with Gasteiger partial charge in [-0.25, -0.2) is 4.98 Å². The first kappa shape index (κ1) is 14.1. The summed E-state index contributed by atoms with van der Waals surface area (Å²) < 4.78 is 5.83. The molecular weight excluding hydrogens is 307 g/mol. The summed E-state index contributed by atoms with van der Waals surface area (Å²) in [6, 6.07) is 12.9. The maximum Gasteiger partial charge on any atom is 0.227 e. The third kappa shape index (κ3) is 2.95. The third-order valence-corrected chi connectivity index (χ3v) is 3.55. The monoisotopic (exact) mass is 318 g/mol. The second-order valence-electron chi connectivity index (χ2n) is 4.55. The van der Waals surface area contributed by atoms with E-state index in [0.29, 0.717) is 28.2 Å². The molecule has 0 radical (unpaired) electrons. The van der Waals surface area contributed by atoms with Crippen LogP contribution in [-0.4, -0.2) is 4.98 Å². The molecule has 0 unspecified atom stereocenters. The standard InChI is InChI=1S/C16H12Cl2N2O/c17-11-5-12(18)7-13(6-11)21-16-15-4-2-1-3-14(15)10(8-19)9-20-16/h1-7,9H,8,19H2. The number of benzene rings is 2. The molecule has 0 saturated heterocycles. The highest BCUT2D eigenvalue weighted by atomic mass is 35.5. The average Bonchev–Trinajstić information content (AvgIpc) is 2.46. The Balaban J connectivity index is 2.09. The molecule has 3 rings (SSSR count). The summed E-state index contributed by atoms with van der Waals surface area (Å²) in [5.74, 6) is 1.05. The first-order valence-electron chi connectivity index (χ1n) is 6.38. The summed E-state index contributed by atoms with van der Waals surface area (Å²) in [4.78, 5) is 4.34. The lowest BCUT2D eigenvalue weighted by Crippen LogP contribution is -1.99. The maximum absolute atomic E-state index is 5.98. The van der Waals surface area contributed by atoms with Crippen molar-refractivity contribution >= 4 is 34.0 Å². The Bertz CT molecular complexity index is 785. The fourth-order valence-electron chi connectivity index (χ4n) is 2.17. The summed E-state index contributed by atoms with van der Waals surface area (Å²) >= 11 is 12.0. The lowest BCUT2D eigenvalue weighted by Gasteiger charge is -2.11. The van der Waals surface area contributed by atoms with Gasteiger partial charge < -0.3 is 10.5 Å². The Morgan fingerprint density at radius 2 is 1.67 bits per heavy atom. The van der Waals surface area contributed by atoms with Crippen molar-refractivity contribution in [3.05, 3.63) is 64.3 Å². The van der Waals surface area contributed by atoms with Gasteiger partial charge in [-0.2, -0.15) is 0 Å². The van der Waals surface area contributed by atoms with Gasteiger partial charge in [0.25, 0.3) is 0 Å². The van der Waals surface area contributed by atoms with Crippen LogP contribution in [0.1, 0.15) is 5.56 Å². The lowest BCUT2D eigenvalue weighted by atomic mass is 10.1. The molecule has 0 aliphatic heterocycles. The van der Waals surface area contributed by atoms with Crippen molar-refractivity contribution in [1.29, 1.82) is 0 Å². The molecule has 0 aliphatic carbocycles. The molecule has 3 aromatic rings. The summed E-state index contributed by atoms with van der Waals surface area (Å²) in [5, 5.41) is 2.95. The van der Waals surface area contributed by atoms with Gasteiger partial charge in [0, 0.05) is 28.2 Å². The molecule has 0 aliphatic rings. The smallest absolute Gasteiger partial charge is 0.227 e. The average molecular weight is 319 g/mol. The minimum atomic E-state index is 0.427. The van der Waals surface area contributed by atoms with Gasteiger partial charge in [0.05, 0.1) is 0 Å². The van der Waals surface area contributed by atoms with Crippen LogP contribution in [0.4, 0.5) is 0 Å². The summed E-state index contributed by atoms with van der Waals surface area (Å²) in [6.07, 6.45) is 1.73. The first-order chi connectivity index (χ1) is 10.2. The van der Waals surface area contributed by atoms with Crippen molar-refractivity contribution in [3.8, 4) is 11.6 Å². The molecule has 0 bridgehead atoms. The molecule has 0 fully saturated rings. The second-order valence-corrected chi connectivity index (χ2v) is 5.42. The topological polar surface area (TPSA) is 48.1 Å². The molecule has 1 aromatic heterocycles. The highest BCUT2D eigenvalue weighted by molar-refractivity contribution is 6.34. The molecule has 0 atom stereocenters. The number of hydrogen-bond donors (Lipinski definition) is 1. The predicted octanol–water partition coefficient (Wildman–Crippen LogP) is 4.79. The second kappa shape index (κ2) is 5.90. The number of nitrogens with zero attached hydrogens (tertiary/aromatic N) is 1. The number of nitrogens with two attached hydrogens (primary N) is 1. The summed E-state index contributed by atoms with van der Waals surface area (Å²) in [6.45, 7) is 0.427. The zero-order valence-corrected chi connectivity index (χ0v) is 12.5. The van der Waals surface area contributed by atoms with Crippen molar-refractivity contribution in [3.63, 3.8) is 0 Å². The Morgan fingerprint density at radius 3 is 2.33 bits per heavy atom. The van der Waals surface area contributed by atoms with Crippen LogP contribution < -0.4 is 10.5 Å². The predicted molar refractivity (Wildman–Crippen MR) is 86.2 cm³/mol. The normalized spacial score (nSPS) is 10.8. The Kier molecular flexibility index (Phi) is 3.97. The van der Waals surface area contributed by atoms with E-state index in [1.165, 1.54) is 0 Å². The molecule has 2 aromatic carbocycles. The van der Waals surface area contributed by atoms with E-state index in [1.54, 1.807) is 24.4 Å². The van der Waals surface area contributed by atoms with Crippen LogP contribution >= 0.6 is 23.2 Å². The van der Waals surface area contributed by atoms with E-state index >= 15 is 0 Å². The number of halogens is 2. The number of aromatic nitrogens is 1. The zero-order chi connectivity index (χ0) is 14.8. The largest absolute Gasteiger partial charge is 0.438 e. The fourth-order valence-corrected chi connectivity index (χ4v) is 2.67. The number of rotatable bonds is 3. The van der Waals surface area contributed by atoms with Crippen molar-refractivity contribution in [1.82, 2.24) is 4.98 Å². The van der Waals surface area contributed by atoms with Crippen LogP contribution in [0.5, 0.6) is 11.6 Å². The Hall–Kier alpha value is -1.81. The van der Waals surface area contributed by atoms with Gasteiger partial charge in [0.15, 0.2) is 0 Å². The number of fused-ring (bicyclic) bond motifs is 1. The molecule has 106 valence electrons. The van der Waals surface area contributed by atoms with Gasteiger partial charge >= 0.3 is 0 Å². The molecule has 3 nitrogen and oxygen atoms in total. The van der Waals surface area contributed by atoms with E-state index in [-0.39, 0.29) is 0 Å². The van der Waals surface area contributed by atoms with Crippen molar-refractivity contribution < 1.29 is 4.74 Å². The van der Waals surface area contributed by atoms with Crippen molar-refractivity contribution in [2.24, 2.45) is 5.73 Å². The fraction of sp³-hybridized carbons (Fsp3) is 0.0625. The van der Waals surface area contributed by atoms with Gasteiger partial charge in [-0.15, -0.1) is 0 Å². The highest BCUT2D eigenvalue weighted by Gasteiger charge is 2.09. The molecule has 21 heavy (non-hydrogen) atoms. The minimum absolute atomic E-state index is 0.427. The summed E-state index contributed by atoms with van der Waals surface area (Å²) in [7, 11) is 0. The van der Waals surface area contributed by atoms with Gasteiger partial charge in [-0.05, 0) is 35.2 Å². The summed E-state index contributed by atoms with van der Waals surface area (Å²) in [5.41, 5.74) is 6.72. The van der Waals surface area contributed by atoms with E-state index in [0.717, 1.165) is 16.3 Å². The number of pyridine rings is 1. The van der Waals surface area contributed by atoms with Crippen LogP contribution in [0, 0.1) is 0 Å². The van der Waals surface area contributed by atoms with Gasteiger partial charge in [-0.1, -0.05) is 41.4 Å². The SMILES string of the molecule is NCc1cnc(Oc2cc(Cl)cc(Cl)c2)c2ccccc12. The Labute approximate surface area is 132 Å². The minimum Gasteiger partial charge on any atom is -0.438 e. The molecular formula is C16H12Cl2N2O. The van der Waals surface area contributed by atoms with Gasteiger partial charge in [-0.3, -0.25) is 0 Å². The van der Waals surface area contributed by atoms with Gasteiger partial charge in [0.2, 0.25) is 5.88 Å². The third-order valence-electron chi connectivity index (χ3n) is 3.11. The molecule has 2 N–H and O–H groups in total. The molecule has 0 saturated carbocycles. The van der Waals surface area contributed by atoms with Gasteiger partial charge in [0.1, 0.15) is 5.75 Å². The van der Waals surface area contributed by atoms with Crippen molar-refractivity contribution in [2.75, 3.05) is 0 Å². The number of ether oxygens (including phenoxy) is 1. The van der Waals surface area contributed by atoms with E-state index in [9.17, 15) is 0 Å². The Morgan fingerprint density at radius 1 is 1.00 bits per heavy atom. The zero-order valence-electron chi connectivity index (χ0n) is 11.0. The van der Waals surface area contributed by atoms with Crippen molar-refractivity contribution in [2.45, 2.75) is 6.54 Å². The molecule has 0 amide bonds. The van der Waals surface area contributed by atoms with E-state index < -0.39 is 0 Å². The van der Waals surface area contributed by atoms with E-state index in [4.69, 9.17) is 33.7 Å². The van der Waals surface area contributed by atoms with E-state index in [2.05, 4.69) is 4.98 Å². The highest BCUT2D eigenvalue weighted by Crippen LogP contribution is 2.32. The van der Waals surface area contributed by atoms with Crippen LogP contribution in [0.2, 0.25) is 10.0 Å². The van der Waals surface area contributed by atoms with Crippen LogP contribution in [-0.2, 0) is 6.54 Å². The first-order valence-corrected chi connectivity index (χ1v) is 7.13. The van der Waals surface area contributed by atoms with Crippen LogP contribution in [0.3, 0.4) is 0 Å². The quantitative estimate of drug-likeness (QED) is 0.755. The molecule has 0 spiro atoms. The van der Waals surface area contributed by atoms with E-state index in [1.807, 2.05) is 24.3 Å². The maximum atomic E-state index is 5.98. The molecule has 1 heterocycles. The van der Waals surface area contributed by atoms with Crippen LogP contribution in [0.25, 0.3) is 10.8 Å². The number of hydrogen-bond acceptors (Lipinski definition) is 3. The molecule has 5 heteroatoms.